The normalized spacial score (nSPS) is 28.6. The van der Waals surface area contributed by atoms with Crippen molar-refractivity contribution in [3.8, 4) is 0 Å². The second-order valence-electron chi connectivity index (χ2n) is 6.25. The van der Waals surface area contributed by atoms with Crippen molar-refractivity contribution in [1.82, 2.24) is 15.5 Å². The van der Waals surface area contributed by atoms with Crippen molar-refractivity contribution in [3.63, 3.8) is 0 Å². The second kappa shape index (κ2) is 9.63. The molecule has 0 saturated carbocycles. The first-order valence-electron chi connectivity index (χ1n) is 8.68. The zero-order chi connectivity index (χ0) is 15.8. The third-order valence-electron chi connectivity index (χ3n) is 4.36. The Kier molecular flexibility index (Phi) is 7.83. The summed E-state index contributed by atoms with van der Waals surface area (Å²) in [4.78, 5) is 7.29. The predicted molar refractivity (Wildman–Crippen MR) is 95.9 cm³/mol. The van der Waals surface area contributed by atoms with E-state index in [0.717, 1.165) is 50.6 Å². The van der Waals surface area contributed by atoms with E-state index in [0.29, 0.717) is 12.1 Å². The minimum absolute atomic E-state index is 0.454. The van der Waals surface area contributed by atoms with Gasteiger partial charge in [0.15, 0.2) is 5.96 Å². The fourth-order valence-corrected chi connectivity index (χ4v) is 4.28. The van der Waals surface area contributed by atoms with Gasteiger partial charge >= 0.3 is 0 Å². The van der Waals surface area contributed by atoms with Crippen LogP contribution in [-0.2, 0) is 4.74 Å². The molecule has 0 aromatic heterocycles. The number of nitrogens with zero attached hydrogens (tertiary/aromatic N) is 2. The van der Waals surface area contributed by atoms with Gasteiger partial charge in [0.1, 0.15) is 0 Å². The van der Waals surface area contributed by atoms with Crippen molar-refractivity contribution in [1.29, 1.82) is 0 Å². The maximum atomic E-state index is 5.52. The maximum absolute atomic E-state index is 5.52. The van der Waals surface area contributed by atoms with Gasteiger partial charge in [-0.15, -0.1) is 0 Å². The van der Waals surface area contributed by atoms with E-state index < -0.39 is 0 Å². The molecule has 22 heavy (non-hydrogen) atoms. The van der Waals surface area contributed by atoms with Crippen molar-refractivity contribution in [2.75, 3.05) is 45.1 Å². The first-order chi connectivity index (χ1) is 10.7. The van der Waals surface area contributed by atoms with E-state index in [4.69, 9.17) is 9.73 Å². The SMILES string of the molecule is CCNC(=NCC(C)N1CCOCC1C)NCC1CCCS1. The van der Waals surface area contributed by atoms with Gasteiger partial charge in [0.25, 0.3) is 0 Å². The molecule has 2 rings (SSSR count). The summed E-state index contributed by atoms with van der Waals surface area (Å²) in [5.41, 5.74) is 0. The molecule has 0 aliphatic carbocycles. The Hall–Kier alpha value is -0.460. The number of hydrogen-bond donors (Lipinski definition) is 2. The number of rotatable bonds is 6. The molecule has 2 fully saturated rings. The molecule has 128 valence electrons. The van der Waals surface area contributed by atoms with E-state index in [1.807, 2.05) is 0 Å². The van der Waals surface area contributed by atoms with Crippen LogP contribution >= 0.6 is 11.8 Å². The van der Waals surface area contributed by atoms with Gasteiger partial charge in [-0.25, -0.2) is 0 Å². The van der Waals surface area contributed by atoms with Gasteiger partial charge in [-0.05, 0) is 39.4 Å². The summed E-state index contributed by atoms with van der Waals surface area (Å²) in [7, 11) is 0. The summed E-state index contributed by atoms with van der Waals surface area (Å²) in [6.07, 6.45) is 2.69. The molecule has 3 atom stereocenters. The van der Waals surface area contributed by atoms with Gasteiger partial charge in [-0.2, -0.15) is 11.8 Å². The first kappa shape index (κ1) is 17.9. The lowest BCUT2D eigenvalue weighted by Gasteiger charge is -2.37. The molecule has 0 radical (unpaired) electrons. The largest absolute Gasteiger partial charge is 0.379 e. The monoisotopic (exact) mass is 328 g/mol. The fraction of sp³-hybridized carbons (Fsp3) is 0.938. The molecule has 0 aromatic carbocycles. The van der Waals surface area contributed by atoms with Gasteiger partial charge < -0.3 is 15.4 Å². The summed E-state index contributed by atoms with van der Waals surface area (Å²) in [6.45, 7) is 12.1. The number of guanidine groups is 1. The van der Waals surface area contributed by atoms with Crippen LogP contribution in [0.25, 0.3) is 0 Å². The number of morpholine rings is 1. The van der Waals surface area contributed by atoms with Crippen LogP contribution in [0.1, 0.15) is 33.6 Å². The molecule has 0 aromatic rings. The summed E-state index contributed by atoms with van der Waals surface area (Å²) < 4.78 is 5.52. The zero-order valence-corrected chi connectivity index (χ0v) is 15.1. The molecule has 2 saturated heterocycles. The molecular formula is C16H32N4OS. The summed E-state index contributed by atoms with van der Waals surface area (Å²) in [5, 5.41) is 7.62. The van der Waals surface area contributed by atoms with Crippen LogP contribution in [0.5, 0.6) is 0 Å². The average Bonchev–Trinajstić information content (AvgIpc) is 3.03. The molecule has 0 amide bonds. The zero-order valence-electron chi connectivity index (χ0n) is 14.3. The molecule has 2 aliphatic heterocycles. The van der Waals surface area contributed by atoms with Crippen LogP contribution in [0, 0.1) is 0 Å². The third kappa shape index (κ3) is 5.63. The molecule has 2 aliphatic rings. The standard InChI is InChI=1S/C16H32N4OS/c1-4-17-16(19-11-15-6-5-9-22-15)18-10-13(2)20-7-8-21-12-14(20)3/h13-15H,4-12H2,1-3H3,(H2,17,18,19). The number of nitrogens with one attached hydrogen (secondary N) is 2. The lowest BCUT2D eigenvalue weighted by Crippen LogP contribution is -2.49. The lowest BCUT2D eigenvalue weighted by atomic mass is 10.2. The molecule has 3 unspecified atom stereocenters. The summed E-state index contributed by atoms with van der Waals surface area (Å²) >= 11 is 2.08. The number of hydrogen-bond acceptors (Lipinski definition) is 4. The number of ether oxygens (including phenoxy) is 1. The Morgan fingerprint density at radius 2 is 2.32 bits per heavy atom. The molecular weight excluding hydrogens is 296 g/mol. The number of aliphatic imine (C=N–C) groups is 1. The van der Waals surface area contributed by atoms with Crippen LogP contribution < -0.4 is 10.6 Å². The summed E-state index contributed by atoms with van der Waals surface area (Å²) in [5.74, 6) is 2.27. The minimum Gasteiger partial charge on any atom is -0.379 e. The molecule has 0 spiro atoms. The van der Waals surface area contributed by atoms with E-state index in [1.165, 1.54) is 18.6 Å². The second-order valence-corrected chi connectivity index (χ2v) is 7.65. The first-order valence-corrected chi connectivity index (χ1v) is 9.72. The molecule has 5 nitrogen and oxygen atoms in total. The Bertz CT molecular complexity index is 347. The smallest absolute Gasteiger partial charge is 0.191 e. The van der Waals surface area contributed by atoms with Gasteiger partial charge in [0.05, 0.1) is 19.8 Å². The fourth-order valence-electron chi connectivity index (χ4n) is 3.08. The van der Waals surface area contributed by atoms with Crippen molar-refractivity contribution >= 4 is 17.7 Å². The van der Waals surface area contributed by atoms with Crippen LogP contribution in [0.3, 0.4) is 0 Å². The molecule has 6 heteroatoms. The third-order valence-corrected chi connectivity index (χ3v) is 5.76. The quantitative estimate of drug-likeness (QED) is 0.572. The van der Waals surface area contributed by atoms with Crippen LogP contribution in [-0.4, -0.2) is 73.3 Å². The highest BCUT2D eigenvalue weighted by molar-refractivity contribution is 8.00. The van der Waals surface area contributed by atoms with E-state index >= 15 is 0 Å². The van der Waals surface area contributed by atoms with Crippen LogP contribution in [0.4, 0.5) is 0 Å². The van der Waals surface area contributed by atoms with Crippen LogP contribution in [0.2, 0.25) is 0 Å². The maximum Gasteiger partial charge on any atom is 0.191 e. The summed E-state index contributed by atoms with van der Waals surface area (Å²) in [6, 6.07) is 0.944. The minimum atomic E-state index is 0.454. The van der Waals surface area contributed by atoms with Gasteiger partial charge in [-0.3, -0.25) is 9.89 Å². The highest BCUT2D eigenvalue weighted by Crippen LogP contribution is 2.25. The van der Waals surface area contributed by atoms with Crippen molar-refractivity contribution in [3.05, 3.63) is 0 Å². The highest BCUT2D eigenvalue weighted by Gasteiger charge is 2.23. The topological polar surface area (TPSA) is 48.9 Å². The van der Waals surface area contributed by atoms with E-state index in [1.54, 1.807) is 0 Å². The molecule has 2 N–H and O–H groups in total. The van der Waals surface area contributed by atoms with Crippen molar-refractivity contribution < 1.29 is 4.74 Å². The Balaban J connectivity index is 1.79. The average molecular weight is 329 g/mol. The molecule has 0 bridgehead atoms. The van der Waals surface area contributed by atoms with Gasteiger partial charge in [-0.1, -0.05) is 0 Å². The Labute approximate surface area is 139 Å². The van der Waals surface area contributed by atoms with Gasteiger partial charge in [0, 0.05) is 37.0 Å². The predicted octanol–water partition coefficient (Wildman–Crippen LogP) is 1.55. The molecule has 2 heterocycles. The van der Waals surface area contributed by atoms with Crippen molar-refractivity contribution in [2.45, 2.75) is 50.9 Å². The van der Waals surface area contributed by atoms with Gasteiger partial charge in [0.2, 0.25) is 0 Å². The highest BCUT2D eigenvalue weighted by atomic mass is 32.2. The lowest BCUT2D eigenvalue weighted by molar-refractivity contribution is -0.0165. The van der Waals surface area contributed by atoms with E-state index in [-0.39, 0.29) is 0 Å². The van der Waals surface area contributed by atoms with E-state index in [2.05, 4.69) is 48.1 Å². The van der Waals surface area contributed by atoms with E-state index in [9.17, 15) is 0 Å². The number of thioether (sulfide) groups is 1. The Morgan fingerprint density at radius 3 is 3.00 bits per heavy atom. The van der Waals surface area contributed by atoms with Crippen molar-refractivity contribution in [2.24, 2.45) is 4.99 Å². The van der Waals surface area contributed by atoms with Crippen LogP contribution in [0.15, 0.2) is 4.99 Å². The Morgan fingerprint density at radius 1 is 1.45 bits per heavy atom.